The summed E-state index contributed by atoms with van der Waals surface area (Å²) in [7, 11) is -2.03. The van der Waals surface area contributed by atoms with Crippen LogP contribution in [0.15, 0.2) is 77.7 Å². The third kappa shape index (κ3) is 5.02. The molecule has 1 atom stereocenters. The van der Waals surface area contributed by atoms with Gasteiger partial charge < -0.3 is 14.5 Å². The number of para-hydroxylation sites is 3. The number of fused-ring (bicyclic) bond motifs is 1. The maximum Gasteiger partial charge on any atom is 0.261 e. The average molecular weight is 480 g/mol. The maximum atomic E-state index is 13.0. The molecule has 1 unspecified atom stereocenters. The Hall–Kier alpha value is -3.52. The van der Waals surface area contributed by atoms with Gasteiger partial charge in [-0.05, 0) is 61.9 Å². The van der Waals surface area contributed by atoms with E-state index in [0.717, 1.165) is 23.5 Å². The summed E-state index contributed by atoms with van der Waals surface area (Å²) in [5.41, 5.74) is 2.83. The molecule has 0 spiro atoms. The number of sulfonamides is 1. The van der Waals surface area contributed by atoms with Crippen molar-refractivity contribution in [2.45, 2.75) is 24.8 Å². The topological polar surface area (TPSA) is 79.0 Å². The van der Waals surface area contributed by atoms with Gasteiger partial charge in [0.05, 0.1) is 29.4 Å². The van der Waals surface area contributed by atoms with E-state index in [1.807, 2.05) is 43.3 Å². The van der Waals surface area contributed by atoms with Crippen LogP contribution in [0.5, 0.6) is 5.75 Å². The number of likely N-dealkylation sites (N-methyl/N-ethyl adjacent to an activating group) is 2. The summed E-state index contributed by atoms with van der Waals surface area (Å²) in [6, 6.07) is 21.1. The summed E-state index contributed by atoms with van der Waals surface area (Å²) in [5.74, 6) is 0.624. The molecule has 0 saturated carbocycles. The number of nitrogens with one attached hydrogen (secondary N) is 1. The minimum Gasteiger partial charge on any atom is -0.485 e. The predicted molar refractivity (Wildman–Crippen MR) is 134 cm³/mol. The molecule has 3 aromatic rings. The number of nitrogens with zero attached hydrogens (tertiary/aromatic N) is 2. The first-order valence-corrected chi connectivity index (χ1v) is 12.7. The van der Waals surface area contributed by atoms with Gasteiger partial charge in [0.15, 0.2) is 0 Å². The monoisotopic (exact) mass is 479 g/mol. The van der Waals surface area contributed by atoms with Crippen molar-refractivity contribution in [3.8, 4) is 5.75 Å². The van der Waals surface area contributed by atoms with Gasteiger partial charge in [-0.3, -0.25) is 9.52 Å². The number of carbonyl (C=O) groups is 1. The number of hydrogen-bond acceptors (Lipinski definition) is 5. The Balaban J connectivity index is 1.43. The van der Waals surface area contributed by atoms with Crippen molar-refractivity contribution < 1.29 is 17.9 Å². The number of hydrogen-bond donors (Lipinski definition) is 1. The first kappa shape index (κ1) is 23.6. The van der Waals surface area contributed by atoms with E-state index in [-0.39, 0.29) is 16.9 Å². The fourth-order valence-electron chi connectivity index (χ4n) is 4.05. The van der Waals surface area contributed by atoms with E-state index < -0.39 is 10.0 Å². The van der Waals surface area contributed by atoms with E-state index >= 15 is 0 Å². The van der Waals surface area contributed by atoms with Crippen molar-refractivity contribution in [1.29, 1.82) is 0 Å². The number of ether oxygens (including phenoxy) is 1. The highest BCUT2D eigenvalue weighted by atomic mass is 32.2. The summed E-state index contributed by atoms with van der Waals surface area (Å²) in [5, 5.41) is 0. The quantitative estimate of drug-likeness (QED) is 0.551. The molecular formula is C26H29N3O4S. The Morgan fingerprint density at radius 1 is 1.06 bits per heavy atom. The molecule has 3 aromatic carbocycles. The van der Waals surface area contributed by atoms with Crippen LogP contribution in [0.4, 0.5) is 11.4 Å². The number of benzene rings is 3. The van der Waals surface area contributed by atoms with Gasteiger partial charge in [0.25, 0.3) is 15.9 Å². The zero-order valence-corrected chi connectivity index (χ0v) is 20.4. The first-order chi connectivity index (χ1) is 16.3. The fourth-order valence-corrected chi connectivity index (χ4v) is 5.18. The van der Waals surface area contributed by atoms with Crippen LogP contribution in [-0.2, 0) is 10.0 Å². The highest BCUT2D eigenvalue weighted by Gasteiger charge is 2.27. The molecule has 0 aliphatic carbocycles. The Morgan fingerprint density at radius 2 is 1.74 bits per heavy atom. The Kier molecular flexibility index (Phi) is 6.79. The lowest BCUT2D eigenvalue weighted by Crippen LogP contribution is -2.46. The van der Waals surface area contributed by atoms with E-state index in [4.69, 9.17) is 4.74 Å². The van der Waals surface area contributed by atoms with E-state index in [1.54, 1.807) is 36.2 Å². The van der Waals surface area contributed by atoms with Crippen LogP contribution in [0.25, 0.3) is 0 Å². The average Bonchev–Trinajstić information content (AvgIpc) is 2.84. The molecule has 34 heavy (non-hydrogen) atoms. The Labute approximate surface area is 201 Å². The van der Waals surface area contributed by atoms with Gasteiger partial charge in [0.2, 0.25) is 0 Å². The molecule has 0 radical (unpaired) electrons. The highest BCUT2D eigenvalue weighted by Crippen LogP contribution is 2.33. The standard InChI is InChI=1S/C26H29N3O4S/c1-4-29-18-21(33-25-12-8-7-11-24(25)29)17-28(3)26(30)20-13-15-22(16-14-20)34(31,32)27-23-10-6-5-9-19(23)2/h5-16,21,27H,4,17-18H2,1-3H3. The second-order valence-electron chi connectivity index (χ2n) is 8.38. The second-order valence-corrected chi connectivity index (χ2v) is 10.1. The summed E-state index contributed by atoms with van der Waals surface area (Å²) < 4.78 is 34.3. The van der Waals surface area contributed by atoms with Crippen molar-refractivity contribution in [3.63, 3.8) is 0 Å². The molecular weight excluding hydrogens is 450 g/mol. The van der Waals surface area contributed by atoms with Crippen molar-refractivity contribution >= 4 is 27.3 Å². The van der Waals surface area contributed by atoms with Gasteiger partial charge in [-0.25, -0.2) is 8.42 Å². The molecule has 0 bridgehead atoms. The fraction of sp³-hybridized carbons (Fsp3) is 0.269. The SMILES string of the molecule is CCN1CC(CN(C)C(=O)c2ccc(S(=O)(=O)Nc3ccccc3C)cc2)Oc2ccccc21. The van der Waals surface area contributed by atoms with Gasteiger partial charge in [-0.2, -0.15) is 0 Å². The van der Waals surface area contributed by atoms with Gasteiger partial charge in [0, 0.05) is 19.2 Å². The van der Waals surface area contributed by atoms with Crippen LogP contribution in [0.2, 0.25) is 0 Å². The Bertz CT molecular complexity index is 1280. The van der Waals surface area contributed by atoms with Gasteiger partial charge in [0.1, 0.15) is 11.9 Å². The van der Waals surface area contributed by atoms with Gasteiger partial charge in [-0.15, -0.1) is 0 Å². The first-order valence-electron chi connectivity index (χ1n) is 11.2. The van der Waals surface area contributed by atoms with Crippen LogP contribution in [0.3, 0.4) is 0 Å². The highest BCUT2D eigenvalue weighted by molar-refractivity contribution is 7.92. The number of rotatable bonds is 7. The molecule has 1 aliphatic rings. The smallest absolute Gasteiger partial charge is 0.261 e. The number of anilines is 2. The van der Waals surface area contributed by atoms with Crippen LogP contribution < -0.4 is 14.4 Å². The molecule has 1 amide bonds. The zero-order chi connectivity index (χ0) is 24.3. The third-order valence-corrected chi connectivity index (χ3v) is 7.31. The maximum absolute atomic E-state index is 13.0. The predicted octanol–water partition coefficient (Wildman–Crippen LogP) is 4.16. The number of amides is 1. The van der Waals surface area contributed by atoms with Gasteiger partial charge in [-0.1, -0.05) is 30.3 Å². The van der Waals surface area contributed by atoms with Gasteiger partial charge >= 0.3 is 0 Å². The second kappa shape index (κ2) is 9.77. The third-order valence-electron chi connectivity index (χ3n) is 5.93. The lowest BCUT2D eigenvalue weighted by molar-refractivity contribution is 0.0709. The van der Waals surface area contributed by atoms with E-state index in [1.165, 1.54) is 12.1 Å². The summed E-state index contributed by atoms with van der Waals surface area (Å²) in [6.07, 6.45) is -0.165. The van der Waals surface area contributed by atoms with Crippen molar-refractivity contribution in [3.05, 3.63) is 83.9 Å². The minimum atomic E-state index is -3.76. The van der Waals surface area contributed by atoms with Crippen LogP contribution in [0.1, 0.15) is 22.8 Å². The van der Waals surface area contributed by atoms with Crippen LogP contribution in [0, 0.1) is 6.92 Å². The number of aryl methyl sites for hydroxylation is 1. The Morgan fingerprint density at radius 3 is 2.44 bits per heavy atom. The van der Waals surface area contributed by atoms with E-state index in [9.17, 15) is 13.2 Å². The molecule has 4 rings (SSSR count). The van der Waals surface area contributed by atoms with Crippen molar-refractivity contribution in [2.75, 3.05) is 36.3 Å². The number of carbonyl (C=O) groups excluding carboxylic acids is 1. The summed E-state index contributed by atoms with van der Waals surface area (Å²) in [4.78, 5) is 17.0. The molecule has 7 nitrogen and oxygen atoms in total. The molecule has 1 N–H and O–H groups in total. The lowest BCUT2D eigenvalue weighted by atomic mass is 10.1. The lowest BCUT2D eigenvalue weighted by Gasteiger charge is -2.37. The largest absolute Gasteiger partial charge is 0.485 e. The molecule has 1 aliphatic heterocycles. The minimum absolute atomic E-state index is 0.0979. The van der Waals surface area contributed by atoms with Crippen LogP contribution >= 0.6 is 0 Å². The molecule has 1 heterocycles. The normalized spacial score (nSPS) is 15.3. The molecule has 8 heteroatoms. The summed E-state index contributed by atoms with van der Waals surface area (Å²) >= 11 is 0. The summed E-state index contributed by atoms with van der Waals surface area (Å²) in [6.45, 7) is 5.88. The molecule has 178 valence electrons. The zero-order valence-electron chi connectivity index (χ0n) is 19.6. The van der Waals surface area contributed by atoms with Crippen LogP contribution in [-0.4, -0.2) is 52.0 Å². The molecule has 0 saturated heterocycles. The van der Waals surface area contributed by atoms with Crippen molar-refractivity contribution in [1.82, 2.24) is 4.90 Å². The molecule has 0 fully saturated rings. The van der Waals surface area contributed by atoms with E-state index in [2.05, 4.69) is 16.5 Å². The van der Waals surface area contributed by atoms with Crippen molar-refractivity contribution in [2.24, 2.45) is 0 Å². The van der Waals surface area contributed by atoms with E-state index in [0.29, 0.717) is 24.3 Å². The molecule has 0 aromatic heterocycles.